The molecule has 0 N–H and O–H groups in total. The third-order valence-corrected chi connectivity index (χ3v) is 10.6. The smallest absolute Gasteiger partial charge is 0.0541 e. The summed E-state index contributed by atoms with van der Waals surface area (Å²) in [5, 5.41) is 5.01. The molecular weight excluding hydrogens is 653 g/mol. The van der Waals surface area contributed by atoms with Gasteiger partial charge in [0.2, 0.25) is 0 Å². The molecule has 0 aliphatic heterocycles. The highest BCUT2D eigenvalue weighted by molar-refractivity contribution is 6.10. The maximum Gasteiger partial charge on any atom is 0.0541 e. The van der Waals surface area contributed by atoms with E-state index < -0.39 is 0 Å². The fraction of sp³-hybridized carbons (Fsp3) is 0. The molecule has 1 aromatic heterocycles. The Bertz CT molecular complexity index is 2860. The van der Waals surface area contributed by atoms with Crippen LogP contribution in [0.4, 0.5) is 17.1 Å². The number of benzene rings is 9. The average Bonchev–Trinajstić information content (AvgIpc) is 3.59. The number of para-hydroxylation sites is 4. The molecule has 0 amide bonds. The minimum absolute atomic E-state index is 1.09. The molecule has 0 radical (unpaired) electrons. The molecule has 0 unspecified atom stereocenters. The number of rotatable bonds is 7. The van der Waals surface area contributed by atoms with Crippen molar-refractivity contribution < 1.29 is 0 Å². The zero-order valence-electron chi connectivity index (χ0n) is 29.7. The van der Waals surface area contributed by atoms with Crippen molar-refractivity contribution in [2.24, 2.45) is 0 Å². The van der Waals surface area contributed by atoms with E-state index in [9.17, 15) is 0 Å². The van der Waals surface area contributed by atoms with Gasteiger partial charge in [-0.1, -0.05) is 170 Å². The van der Waals surface area contributed by atoms with Crippen LogP contribution in [-0.4, -0.2) is 4.57 Å². The summed E-state index contributed by atoms with van der Waals surface area (Å²) in [6, 6.07) is 78.9. The van der Waals surface area contributed by atoms with Gasteiger partial charge >= 0.3 is 0 Å². The molecule has 54 heavy (non-hydrogen) atoms. The summed E-state index contributed by atoms with van der Waals surface area (Å²) < 4.78 is 2.43. The first kappa shape index (κ1) is 31.6. The minimum Gasteiger partial charge on any atom is -0.310 e. The lowest BCUT2D eigenvalue weighted by atomic mass is 9.97. The van der Waals surface area contributed by atoms with E-state index in [1.54, 1.807) is 0 Å². The van der Waals surface area contributed by atoms with Crippen LogP contribution in [0, 0.1) is 0 Å². The first-order chi connectivity index (χ1) is 26.8. The fourth-order valence-electron chi connectivity index (χ4n) is 8.10. The van der Waals surface area contributed by atoms with Gasteiger partial charge in [-0.3, -0.25) is 0 Å². The molecule has 10 aromatic rings. The molecule has 0 bridgehead atoms. The van der Waals surface area contributed by atoms with Crippen LogP contribution in [0.5, 0.6) is 0 Å². The lowest BCUT2D eigenvalue weighted by molar-refractivity contribution is 1.18. The predicted octanol–water partition coefficient (Wildman–Crippen LogP) is 14.4. The summed E-state index contributed by atoms with van der Waals surface area (Å²) in [7, 11) is 0. The van der Waals surface area contributed by atoms with Crippen molar-refractivity contribution in [2.75, 3.05) is 4.90 Å². The van der Waals surface area contributed by atoms with Crippen LogP contribution >= 0.6 is 0 Å². The molecule has 0 atom stereocenters. The molecule has 1 heterocycles. The number of nitrogens with zero attached hydrogens (tertiary/aromatic N) is 2. The zero-order chi connectivity index (χ0) is 35.8. The van der Waals surface area contributed by atoms with Crippen LogP contribution in [0.25, 0.3) is 71.6 Å². The molecule has 0 aliphatic carbocycles. The Balaban J connectivity index is 1.16. The van der Waals surface area contributed by atoms with Crippen LogP contribution in [0.3, 0.4) is 0 Å². The van der Waals surface area contributed by atoms with Gasteiger partial charge in [0.1, 0.15) is 0 Å². The molecule has 9 aromatic carbocycles. The lowest BCUT2D eigenvalue weighted by Crippen LogP contribution is -2.11. The van der Waals surface area contributed by atoms with Crippen molar-refractivity contribution in [3.63, 3.8) is 0 Å². The van der Waals surface area contributed by atoms with Gasteiger partial charge in [0.05, 0.1) is 22.4 Å². The van der Waals surface area contributed by atoms with E-state index in [0.717, 1.165) is 33.9 Å². The molecule has 0 spiro atoms. The van der Waals surface area contributed by atoms with Crippen molar-refractivity contribution in [3.05, 3.63) is 218 Å². The number of aromatic nitrogens is 1. The van der Waals surface area contributed by atoms with Crippen LogP contribution in [0.1, 0.15) is 0 Å². The maximum atomic E-state index is 2.43. The predicted molar refractivity (Wildman–Crippen MR) is 229 cm³/mol. The van der Waals surface area contributed by atoms with Gasteiger partial charge in [0.15, 0.2) is 0 Å². The molecule has 254 valence electrons. The molecule has 2 nitrogen and oxygen atoms in total. The molecule has 10 rings (SSSR count). The number of hydrogen-bond acceptors (Lipinski definition) is 1. The third kappa shape index (κ3) is 5.44. The Hall–Kier alpha value is -7.16. The normalized spacial score (nSPS) is 11.3. The van der Waals surface area contributed by atoms with Gasteiger partial charge in [0, 0.05) is 33.3 Å². The maximum absolute atomic E-state index is 2.43. The minimum atomic E-state index is 1.09. The van der Waals surface area contributed by atoms with Crippen LogP contribution in [-0.2, 0) is 0 Å². The van der Waals surface area contributed by atoms with E-state index in [4.69, 9.17) is 0 Å². The second-order valence-corrected chi connectivity index (χ2v) is 13.7. The monoisotopic (exact) mass is 688 g/mol. The van der Waals surface area contributed by atoms with Crippen LogP contribution < -0.4 is 4.90 Å². The Morgan fingerprint density at radius 3 is 1.48 bits per heavy atom. The van der Waals surface area contributed by atoms with Crippen LogP contribution in [0.15, 0.2) is 218 Å². The SMILES string of the molecule is c1ccc(-c2ccc(N(c3ccc(-c4cccc5ccccc45)cc3)c3ccccc3-c3ccccc3-n3c4ccccc4c4ccccc43)cc2)cc1. The van der Waals surface area contributed by atoms with E-state index in [-0.39, 0.29) is 0 Å². The van der Waals surface area contributed by atoms with Gasteiger partial charge in [-0.25, -0.2) is 0 Å². The summed E-state index contributed by atoms with van der Waals surface area (Å²) in [4.78, 5) is 2.40. The highest BCUT2D eigenvalue weighted by atomic mass is 15.1. The summed E-state index contributed by atoms with van der Waals surface area (Å²) in [5.41, 5.74) is 14.0. The van der Waals surface area contributed by atoms with E-state index in [2.05, 4.69) is 228 Å². The molecule has 0 fully saturated rings. The molecular formula is C52H36N2. The van der Waals surface area contributed by atoms with Crippen molar-refractivity contribution >= 4 is 49.6 Å². The molecule has 0 saturated heterocycles. The van der Waals surface area contributed by atoms with E-state index >= 15 is 0 Å². The molecule has 0 aliphatic rings. The fourth-order valence-corrected chi connectivity index (χ4v) is 8.10. The van der Waals surface area contributed by atoms with Gasteiger partial charge in [-0.2, -0.15) is 0 Å². The third-order valence-electron chi connectivity index (χ3n) is 10.6. The first-order valence-electron chi connectivity index (χ1n) is 18.5. The molecule has 2 heteroatoms. The number of fused-ring (bicyclic) bond motifs is 4. The standard InChI is InChI=1S/C52H36N2/c1-2-15-37(16-3-1)38-29-33-41(34-30-38)53(42-35-31-40(32-36-42)44-24-14-18-39-17-4-5-19-43(39)44)49-25-10-6-20-45(49)46-21-7-11-26-50(46)54-51-27-12-8-22-47(51)48-23-9-13-28-52(48)54/h1-36H. The Morgan fingerprint density at radius 1 is 0.296 bits per heavy atom. The Morgan fingerprint density at radius 2 is 0.778 bits per heavy atom. The largest absolute Gasteiger partial charge is 0.310 e. The zero-order valence-corrected chi connectivity index (χ0v) is 29.7. The highest BCUT2D eigenvalue weighted by Gasteiger charge is 2.21. The summed E-state index contributed by atoms with van der Waals surface area (Å²) >= 11 is 0. The van der Waals surface area contributed by atoms with Gasteiger partial charge in [-0.05, 0) is 81.6 Å². The topological polar surface area (TPSA) is 8.17 Å². The Labute approximate surface area is 315 Å². The van der Waals surface area contributed by atoms with E-state index in [0.29, 0.717) is 0 Å². The lowest BCUT2D eigenvalue weighted by Gasteiger charge is -2.29. The second kappa shape index (κ2) is 13.4. The number of anilines is 3. The summed E-state index contributed by atoms with van der Waals surface area (Å²) in [6.07, 6.45) is 0. The van der Waals surface area contributed by atoms with Gasteiger partial charge < -0.3 is 9.47 Å². The molecule has 0 saturated carbocycles. The van der Waals surface area contributed by atoms with Crippen molar-refractivity contribution in [2.45, 2.75) is 0 Å². The van der Waals surface area contributed by atoms with Crippen molar-refractivity contribution in [3.8, 4) is 39.1 Å². The number of hydrogen-bond donors (Lipinski definition) is 0. The average molecular weight is 689 g/mol. The van der Waals surface area contributed by atoms with E-state index in [1.165, 1.54) is 54.8 Å². The van der Waals surface area contributed by atoms with Crippen LogP contribution in [0.2, 0.25) is 0 Å². The van der Waals surface area contributed by atoms with Gasteiger partial charge in [0.25, 0.3) is 0 Å². The van der Waals surface area contributed by atoms with Crippen molar-refractivity contribution in [1.82, 2.24) is 4.57 Å². The van der Waals surface area contributed by atoms with E-state index in [1.807, 2.05) is 0 Å². The van der Waals surface area contributed by atoms with Crippen molar-refractivity contribution in [1.29, 1.82) is 0 Å². The Kier molecular flexibility index (Phi) is 7.85. The van der Waals surface area contributed by atoms with Gasteiger partial charge in [-0.15, -0.1) is 0 Å². The highest BCUT2D eigenvalue weighted by Crippen LogP contribution is 2.44. The summed E-state index contributed by atoms with van der Waals surface area (Å²) in [6.45, 7) is 0. The quantitative estimate of drug-likeness (QED) is 0.162. The summed E-state index contributed by atoms with van der Waals surface area (Å²) in [5.74, 6) is 0. The second-order valence-electron chi connectivity index (χ2n) is 13.7. The first-order valence-corrected chi connectivity index (χ1v) is 18.5.